The third kappa shape index (κ3) is 2.78. The summed E-state index contributed by atoms with van der Waals surface area (Å²) in [6.07, 6.45) is 0. The molecule has 88 valence electrons. The standard InChI is InChI=1S/C12H10ClNO2S/c13-10-5-1-4-9(11(10)14)12(15)16-7-8-3-2-6-17-8/h1-6H,7,14H2. The Morgan fingerprint density at radius 1 is 1.35 bits per heavy atom. The van der Waals surface area contributed by atoms with Crippen LogP contribution in [0.3, 0.4) is 0 Å². The lowest BCUT2D eigenvalue weighted by Gasteiger charge is -2.06. The van der Waals surface area contributed by atoms with Crippen molar-refractivity contribution in [3.63, 3.8) is 0 Å². The summed E-state index contributed by atoms with van der Waals surface area (Å²) in [6, 6.07) is 8.70. The predicted octanol–water partition coefficient (Wildman–Crippen LogP) is 3.34. The average molecular weight is 268 g/mol. The van der Waals surface area contributed by atoms with Crippen LogP contribution < -0.4 is 5.73 Å². The fourth-order valence-corrected chi connectivity index (χ4v) is 2.11. The van der Waals surface area contributed by atoms with Gasteiger partial charge in [-0.3, -0.25) is 0 Å². The van der Waals surface area contributed by atoms with Gasteiger partial charge in [-0.25, -0.2) is 4.79 Å². The number of halogens is 1. The molecular formula is C12H10ClNO2S. The highest BCUT2D eigenvalue weighted by molar-refractivity contribution is 7.09. The third-order valence-electron chi connectivity index (χ3n) is 2.20. The molecule has 1 aromatic carbocycles. The molecule has 0 amide bonds. The summed E-state index contributed by atoms with van der Waals surface area (Å²) in [6.45, 7) is 0.252. The van der Waals surface area contributed by atoms with Crippen molar-refractivity contribution in [3.05, 3.63) is 51.2 Å². The van der Waals surface area contributed by atoms with Crippen LogP contribution in [0, 0.1) is 0 Å². The van der Waals surface area contributed by atoms with Crippen molar-refractivity contribution < 1.29 is 9.53 Å². The molecular weight excluding hydrogens is 258 g/mol. The Hall–Kier alpha value is -1.52. The molecule has 0 radical (unpaired) electrons. The van der Waals surface area contributed by atoms with Gasteiger partial charge in [-0.1, -0.05) is 23.7 Å². The number of hydrogen-bond donors (Lipinski definition) is 1. The quantitative estimate of drug-likeness (QED) is 0.685. The fraction of sp³-hybridized carbons (Fsp3) is 0.0833. The molecule has 2 N–H and O–H groups in total. The molecule has 5 heteroatoms. The van der Waals surface area contributed by atoms with Gasteiger partial charge in [0.05, 0.1) is 16.3 Å². The summed E-state index contributed by atoms with van der Waals surface area (Å²) >= 11 is 7.36. The molecule has 0 saturated heterocycles. The third-order valence-corrected chi connectivity index (χ3v) is 3.38. The molecule has 1 heterocycles. The van der Waals surface area contributed by atoms with Gasteiger partial charge in [0, 0.05) is 4.88 Å². The highest BCUT2D eigenvalue weighted by Gasteiger charge is 2.13. The number of carbonyl (C=O) groups excluding carboxylic acids is 1. The number of para-hydroxylation sites is 1. The maximum Gasteiger partial charge on any atom is 0.340 e. The number of rotatable bonds is 3. The predicted molar refractivity (Wildman–Crippen MR) is 69.3 cm³/mol. The number of carbonyl (C=O) groups is 1. The Labute approximate surface area is 108 Å². The molecule has 0 atom stereocenters. The van der Waals surface area contributed by atoms with Crippen LogP contribution in [0.5, 0.6) is 0 Å². The van der Waals surface area contributed by atoms with Gasteiger partial charge in [-0.15, -0.1) is 11.3 Å². The van der Waals surface area contributed by atoms with Crippen LogP contribution >= 0.6 is 22.9 Å². The summed E-state index contributed by atoms with van der Waals surface area (Å²) in [5.74, 6) is -0.460. The van der Waals surface area contributed by atoms with E-state index < -0.39 is 5.97 Å². The highest BCUT2D eigenvalue weighted by Crippen LogP contribution is 2.23. The average Bonchev–Trinajstić information content (AvgIpc) is 2.82. The zero-order valence-corrected chi connectivity index (χ0v) is 10.4. The van der Waals surface area contributed by atoms with E-state index in [4.69, 9.17) is 22.1 Å². The van der Waals surface area contributed by atoms with Gasteiger partial charge >= 0.3 is 5.97 Å². The molecule has 0 spiro atoms. The molecule has 3 nitrogen and oxygen atoms in total. The summed E-state index contributed by atoms with van der Waals surface area (Å²) in [7, 11) is 0. The van der Waals surface area contributed by atoms with E-state index >= 15 is 0 Å². The van der Waals surface area contributed by atoms with Gasteiger partial charge in [0.25, 0.3) is 0 Å². The van der Waals surface area contributed by atoms with Crippen LogP contribution in [0.2, 0.25) is 5.02 Å². The number of hydrogen-bond acceptors (Lipinski definition) is 4. The normalized spacial score (nSPS) is 10.2. The fourth-order valence-electron chi connectivity index (χ4n) is 1.32. The molecule has 2 aromatic rings. The summed E-state index contributed by atoms with van der Waals surface area (Å²) in [5, 5.41) is 2.28. The number of thiophene rings is 1. The van der Waals surface area contributed by atoms with Gasteiger partial charge in [-0.2, -0.15) is 0 Å². The van der Waals surface area contributed by atoms with Gasteiger partial charge in [0.2, 0.25) is 0 Å². The molecule has 1 aromatic heterocycles. The van der Waals surface area contributed by atoms with Crippen LogP contribution in [0.4, 0.5) is 5.69 Å². The van der Waals surface area contributed by atoms with E-state index in [1.54, 1.807) is 18.2 Å². The highest BCUT2D eigenvalue weighted by atomic mass is 35.5. The lowest BCUT2D eigenvalue weighted by atomic mass is 10.2. The van der Waals surface area contributed by atoms with E-state index in [-0.39, 0.29) is 12.3 Å². The minimum Gasteiger partial charge on any atom is -0.456 e. The largest absolute Gasteiger partial charge is 0.456 e. The van der Waals surface area contributed by atoms with E-state index in [9.17, 15) is 4.79 Å². The summed E-state index contributed by atoms with van der Waals surface area (Å²) < 4.78 is 5.14. The first-order valence-electron chi connectivity index (χ1n) is 4.92. The molecule has 0 bridgehead atoms. The molecule has 0 unspecified atom stereocenters. The molecule has 0 aliphatic carbocycles. The van der Waals surface area contributed by atoms with Crippen molar-refractivity contribution in [1.82, 2.24) is 0 Å². The van der Waals surface area contributed by atoms with E-state index in [1.807, 2.05) is 17.5 Å². The molecule has 0 saturated carbocycles. The van der Waals surface area contributed by atoms with E-state index in [0.717, 1.165) is 4.88 Å². The maximum atomic E-state index is 11.8. The van der Waals surface area contributed by atoms with Gasteiger partial charge < -0.3 is 10.5 Å². The Bertz CT molecular complexity index is 525. The molecule has 17 heavy (non-hydrogen) atoms. The second kappa shape index (κ2) is 5.21. The first-order valence-corrected chi connectivity index (χ1v) is 6.17. The molecule has 0 aliphatic rings. The SMILES string of the molecule is Nc1c(Cl)cccc1C(=O)OCc1cccs1. The number of anilines is 1. The van der Waals surface area contributed by atoms with Crippen LogP contribution in [0.15, 0.2) is 35.7 Å². The van der Waals surface area contributed by atoms with Crippen LogP contribution in [-0.2, 0) is 11.3 Å². The number of benzene rings is 1. The van der Waals surface area contributed by atoms with E-state index in [2.05, 4.69) is 0 Å². The minimum atomic E-state index is -0.460. The van der Waals surface area contributed by atoms with E-state index in [0.29, 0.717) is 10.6 Å². The summed E-state index contributed by atoms with van der Waals surface area (Å²) in [5.41, 5.74) is 6.26. The zero-order valence-electron chi connectivity index (χ0n) is 8.85. The van der Waals surface area contributed by atoms with Crippen molar-refractivity contribution >= 4 is 34.6 Å². The summed E-state index contributed by atoms with van der Waals surface area (Å²) in [4.78, 5) is 12.7. The van der Waals surface area contributed by atoms with E-state index in [1.165, 1.54) is 11.3 Å². The molecule has 0 fully saturated rings. The molecule has 0 aliphatic heterocycles. The van der Waals surface area contributed by atoms with Gasteiger partial charge in [0.15, 0.2) is 0 Å². The topological polar surface area (TPSA) is 52.3 Å². The maximum absolute atomic E-state index is 11.8. The van der Waals surface area contributed by atoms with Crippen LogP contribution in [0.1, 0.15) is 15.2 Å². The van der Waals surface area contributed by atoms with Crippen molar-refractivity contribution in [3.8, 4) is 0 Å². The zero-order chi connectivity index (χ0) is 12.3. The Morgan fingerprint density at radius 3 is 2.88 bits per heavy atom. The van der Waals surface area contributed by atoms with Crippen molar-refractivity contribution in [2.45, 2.75) is 6.61 Å². The minimum absolute atomic E-state index is 0.252. The van der Waals surface area contributed by atoms with Crippen molar-refractivity contribution in [2.75, 3.05) is 5.73 Å². The lowest BCUT2D eigenvalue weighted by Crippen LogP contribution is -2.08. The smallest absolute Gasteiger partial charge is 0.340 e. The number of ether oxygens (including phenoxy) is 1. The van der Waals surface area contributed by atoms with Crippen molar-refractivity contribution in [2.24, 2.45) is 0 Å². The van der Waals surface area contributed by atoms with Gasteiger partial charge in [0.1, 0.15) is 6.61 Å². The first-order chi connectivity index (χ1) is 8.18. The second-order valence-corrected chi connectivity index (χ2v) is 4.80. The number of esters is 1. The Morgan fingerprint density at radius 2 is 2.18 bits per heavy atom. The Balaban J connectivity index is 2.07. The Kier molecular flexibility index (Phi) is 3.66. The lowest BCUT2D eigenvalue weighted by molar-refractivity contribution is 0.0478. The van der Waals surface area contributed by atoms with Crippen LogP contribution in [0.25, 0.3) is 0 Å². The number of nitrogen functional groups attached to an aromatic ring is 1. The monoisotopic (exact) mass is 267 g/mol. The number of nitrogens with two attached hydrogens (primary N) is 1. The molecule has 2 rings (SSSR count). The van der Waals surface area contributed by atoms with Crippen molar-refractivity contribution in [1.29, 1.82) is 0 Å². The van der Waals surface area contributed by atoms with Gasteiger partial charge in [-0.05, 0) is 23.6 Å². The van der Waals surface area contributed by atoms with Crippen LogP contribution in [-0.4, -0.2) is 5.97 Å². The second-order valence-electron chi connectivity index (χ2n) is 3.36. The first kappa shape index (κ1) is 12.0.